The highest BCUT2D eigenvalue weighted by Gasteiger charge is 2.36. The van der Waals surface area contributed by atoms with Gasteiger partial charge in [-0.1, -0.05) is 12.1 Å². The van der Waals surface area contributed by atoms with Crippen molar-refractivity contribution >= 4 is 22.8 Å². The predicted molar refractivity (Wildman–Crippen MR) is 101 cm³/mol. The van der Waals surface area contributed by atoms with Crippen LogP contribution in [0.5, 0.6) is 0 Å². The number of aromatic nitrogens is 1. The molecule has 25 heavy (non-hydrogen) atoms. The van der Waals surface area contributed by atoms with E-state index in [2.05, 4.69) is 28.5 Å². The van der Waals surface area contributed by atoms with E-state index in [1.54, 1.807) is 4.90 Å². The maximum Gasteiger partial charge on any atom is 0.340 e. The van der Waals surface area contributed by atoms with Gasteiger partial charge in [0.2, 0.25) is 0 Å². The number of amides is 2. The normalized spacial score (nSPS) is 21.9. The van der Waals surface area contributed by atoms with Gasteiger partial charge in [-0.2, -0.15) is 0 Å². The van der Waals surface area contributed by atoms with Crippen molar-refractivity contribution in [2.75, 3.05) is 24.6 Å². The molecule has 1 aliphatic heterocycles. The van der Waals surface area contributed by atoms with Crippen molar-refractivity contribution in [3.8, 4) is 0 Å². The van der Waals surface area contributed by atoms with Gasteiger partial charge in [0, 0.05) is 41.5 Å². The van der Waals surface area contributed by atoms with Crippen LogP contribution in [0.25, 0.3) is 10.9 Å². The summed E-state index contributed by atoms with van der Waals surface area (Å²) in [6, 6.07) is 6.69. The third-order valence-electron chi connectivity index (χ3n) is 5.83. The molecule has 134 valence electrons. The summed E-state index contributed by atoms with van der Waals surface area (Å²) in [4.78, 5) is 17.9. The second-order valence-corrected chi connectivity index (χ2v) is 7.06. The standard InChI is InChI=1S/C19H27N5O/c1-3-23(4-2)19(25)24(20)18-14-11-16-12(8-6-10-21-16)13-7-5-9-15(22-18)17(13)14/h5,7,9,12,16,21-22H,3-4,6,8,10-11,20H2,1-2H3/t12?,16-/m1/s1. The Bertz CT molecular complexity index is 794. The van der Waals surface area contributed by atoms with Crippen molar-refractivity contribution in [1.29, 1.82) is 0 Å². The number of nitrogens with zero attached hydrogens (tertiary/aromatic N) is 2. The SMILES string of the molecule is CCN(CC)C(=O)N(N)c1[nH]c2cccc3c2c1C[C@H]1NCCCC31. The van der Waals surface area contributed by atoms with Crippen LogP contribution in [0.4, 0.5) is 10.6 Å². The van der Waals surface area contributed by atoms with Crippen LogP contribution >= 0.6 is 0 Å². The number of rotatable bonds is 3. The molecule has 2 aromatic rings. The monoisotopic (exact) mass is 341 g/mol. The van der Waals surface area contributed by atoms with E-state index in [0.29, 0.717) is 25.0 Å². The molecule has 1 aliphatic carbocycles. The fraction of sp³-hybridized carbons (Fsp3) is 0.526. The number of nitrogens with one attached hydrogen (secondary N) is 2. The molecule has 2 heterocycles. The first-order valence-electron chi connectivity index (χ1n) is 9.36. The molecule has 4 rings (SSSR count). The van der Waals surface area contributed by atoms with Crippen molar-refractivity contribution < 1.29 is 4.79 Å². The lowest BCUT2D eigenvalue weighted by Crippen LogP contribution is -2.48. The fourth-order valence-electron chi connectivity index (χ4n) is 4.55. The molecule has 2 atom stereocenters. The van der Waals surface area contributed by atoms with Crippen LogP contribution in [-0.4, -0.2) is 41.6 Å². The summed E-state index contributed by atoms with van der Waals surface area (Å²) < 4.78 is 0. The average Bonchev–Trinajstić information content (AvgIpc) is 3.02. The van der Waals surface area contributed by atoms with Gasteiger partial charge in [-0.25, -0.2) is 15.6 Å². The molecule has 0 saturated carbocycles. The number of piperidine rings is 1. The second-order valence-electron chi connectivity index (χ2n) is 7.06. The second kappa shape index (κ2) is 6.35. The van der Waals surface area contributed by atoms with Gasteiger partial charge in [0.25, 0.3) is 0 Å². The Morgan fingerprint density at radius 1 is 1.32 bits per heavy atom. The molecule has 0 spiro atoms. The van der Waals surface area contributed by atoms with Gasteiger partial charge >= 0.3 is 6.03 Å². The van der Waals surface area contributed by atoms with Gasteiger partial charge in [-0.05, 0) is 51.3 Å². The number of nitrogens with two attached hydrogens (primary N) is 1. The molecular weight excluding hydrogens is 314 g/mol. The molecular formula is C19H27N5O. The number of hydrazine groups is 1. The van der Waals surface area contributed by atoms with E-state index in [4.69, 9.17) is 5.84 Å². The number of urea groups is 1. The Hall–Kier alpha value is -2.05. The lowest BCUT2D eigenvalue weighted by molar-refractivity contribution is 0.210. The van der Waals surface area contributed by atoms with E-state index >= 15 is 0 Å². The summed E-state index contributed by atoms with van der Waals surface area (Å²) in [5.74, 6) is 7.56. The molecule has 6 nitrogen and oxygen atoms in total. The lowest BCUT2D eigenvalue weighted by Gasteiger charge is -2.37. The largest absolute Gasteiger partial charge is 0.340 e. The number of hydrogen-bond acceptors (Lipinski definition) is 3. The predicted octanol–water partition coefficient (Wildman–Crippen LogP) is 2.70. The van der Waals surface area contributed by atoms with E-state index in [0.717, 1.165) is 24.3 Å². The number of carbonyl (C=O) groups excluding carboxylic acids is 1. The third kappa shape index (κ3) is 2.51. The van der Waals surface area contributed by atoms with E-state index in [1.807, 2.05) is 13.8 Å². The molecule has 6 heteroatoms. The highest BCUT2D eigenvalue weighted by Crippen LogP contribution is 2.43. The number of aromatic amines is 1. The summed E-state index contributed by atoms with van der Waals surface area (Å²) in [5, 5.41) is 6.24. The van der Waals surface area contributed by atoms with Crippen LogP contribution in [0.15, 0.2) is 18.2 Å². The molecule has 0 bridgehead atoms. The number of fused-ring (bicyclic) bond motifs is 2. The molecule has 1 fully saturated rings. The van der Waals surface area contributed by atoms with Crippen molar-refractivity contribution in [3.63, 3.8) is 0 Å². The molecule has 2 amide bonds. The average molecular weight is 341 g/mol. The molecule has 1 saturated heterocycles. The Morgan fingerprint density at radius 3 is 2.88 bits per heavy atom. The third-order valence-corrected chi connectivity index (χ3v) is 5.83. The summed E-state index contributed by atoms with van der Waals surface area (Å²) >= 11 is 0. The Balaban J connectivity index is 1.80. The quantitative estimate of drug-likeness (QED) is 0.456. The maximum atomic E-state index is 12.7. The minimum Gasteiger partial charge on any atom is -0.340 e. The molecule has 1 unspecified atom stereocenters. The summed E-state index contributed by atoms with van der Waals surface area (Å²) in [6.45, 7) is 6.31. The smallest absolute Gasteiger partial charge is 0.340 e. The van der Waals surface area contributed by atoms with E-state index in [-0.39, 0.29) is 6.03 Å². The Morgan fingerprint density at radius 2 is 2.12 bits per heavy atom. The first-order valence-corrected chi connectivity index (χ1v) is 9.36. The van der Waals surface area contributed by atoms with E-state index in [9.17, 15) is 4.79 Å². The highest BCUT2D eigenvalue weighted by molar-refractivity contribution is 5.99. The molecule has 4 N–H and O–H groups in total. The summed E-state index contributed by atoms with van der Waals surface area (Å²) in [5.41, 5.74) is 3.64. The van der Waals surface area contributed by atoms with Crippen molar-refractivity contribution in [1.82, 2.24) is 15.2 Å². The van der Waals surface area contributed by atoms with Gasteiger partial charge in [-0.3, -0.25) is 0 Å². The Kier molecular flexibility index (Phi) is 4.17. The first-order chi connectivity index (χ1) is 12.2. The molecule has 2 aliphatic rings. The maximum absolute atomic E-state index is 12.7. The number of anilines is 1. The van der Waals surface area contributed by atoms with Gasteiger partial charge in [0.15, 0.2) is 0 Å². The topological polar surface area (TPSA) is 77.4 Å². The van der Waals surface area contributed by atoms with Crippen LogP contribution in [-0.2, 0) is 6.42 Å². The number of carbonyl (C=O) groups is 1. The van der Waals surface area contributed by atoms with Crippen LogP contribution < -0.4 is 16.2 Å². The van der Waals surface area contributed by atoms with Crippen LogP contribution in [0.3, 0.4) is 0 Å². The van der Waals surface area contributed by atoms with Crippen molar-refractivity contribution in [3.05, 3.63) is 29.3 Å². The van der Waals surface area contributed by atoms with Crippen LogP contribution in [0.1, 0.15) is 43.7 Å². The summed E-state index contributed by atoms with van der Waals surface area (Å²) in [6.07, 6.45) is 3.35. The first kappa shape index (κ1) is 16.4. The zero-order valence-electron chi connectivity index (χ0n) is 15.0. The number of H-pyrrole nitrogens is 1. The van der Waals surface area contributed by atoms with E-state index in [1.165, 1.54) is 34.4 Å². The number of benzene rings is 1. The molecule has 1 aromatic carbocycles. The van der Waals surface area contributed by atoms with Gasteiger partial charge in [0.05, 0.1) is 0 Å². The van der Waals surface area contributed by atoms with Gasteiger partial charge in [0.1, 0.15) is 5.82 Å². The minimum atomic E-state index is -0.159. The lowest BCUT2D eigenvalue weighted by atomic mass is 9.76. The van der Waals surface area contributed by atoms with Crippen molar-refractivity contribution in [2.45, 2.75) is 45.1 Å². The van der Waals surface area contributed by atoms with Crippen LogP contribution in [0.2, 0.25) is 0 Å². The Labute approximate surface area is 148 Å². The van der Waals surface area contributed by atoms with Gasteiger partial charge < -0.3 is 15.2 Å². The summed E-state index contributed by atoms with van der Waals surface area (Å²) in [7, 11) is 0. The zero-order valence-corrected chi connectivity index (χ0v) is 15.0. The molecule has 1 aromatic heterocycles. The van der Waals surface area contributed by atoms with Crippen LogP contribution in [0, 0.1) is 0 Å². The van der Waals surface area contributed by atoms with Gasteiger partial charge in [-0.15, -0.1) is 0 Å². The molecule has 0 radical (unpaired) electrons. The van der Waals surface area contributed by atoms with Crippen molar-refractivity contribution in [2.24, 2.45) is 5.84 Å². The zero-order chi connectivity index (χ0) is 17.6. The minimum absolute atomic E-state index is 0.159. The highest BCUT2D eigenvalue weighted by atomic mass is 16.2. The number of hydrogen-bond donors (Lipinski definition) is 3. The fourth-order valence-corrected chi connectivity index (χ4v) is 4.55. The van der Waals surface area contributed by atoms with E-state index < -0.39 is 0 Å².